The molecule has 32 heavy (non-hydrogen) atoms. The molecule has 0 saturated carbocycles. The number of rotatable bonds is 4. The van der Waals surface area contributed by atoms with Gasteiger partial charge in [0.2, 0.25) is 0 Å². The summed E-state index contributed by atoms with van der Waals surface area (Å²) < 4.78 is 41.3. The Hall–Kier alpha value is -2.86. The lowest BCUT2D eigenvalue weighted by Crippen LogP contribution is -2.28. The molecule has 1 aromatic carbocycles. The molecular weight excluding hydrogens is 513 g/mol. The highest BCUT2D eigenvalue weighted by Crippen LogP contribution is 2.31. The molecule has 3 rings (SSSR count). The number of alkyl halides is 3. The molecule has 7 nitrogen and oxygen atoms in total. The fourth-order valence-corrected chi connectivity index (χ4v) is 3.65. The zero-order chi connectivity index (χ0) is 23.8. The second-order valence-corrected chi connectivity index (χ2v) is 8.26. The van der Waals surface area contributed by atoms with E-state index in [4.69, 9.17) is 11.6 Å². The van der Waals surface area contributed by atoms with Crippen LogP contribution in [0, 0.1) is 0 Å². The van der Waals surface area contributed by atoms with Crippen molar-refractivity contribution in [2.45, 2.75) is 6.18 Å². The molecule has 0 bridgehead atoms. The monoisotopic (exact) mass is 527 g/mol. The van der Waals surface area contributed by atoms with Gasteiger partial charge in [0, 0.05) is 36.5 Å². The molecule has 0 saturated heterocycles. The van der Waals surface area contributed by atoms with E-state index in [0.29, 0.717) is 16.0 Å². The van der Waals surface area contributed by atoms with Gasteiger partial charge >= 0.3 is 6.18 Å². The smallest absolute Gasteiger partial charge is 0.345 e. The van der Waals surface area contributed by atoms with Gasteiger partial charge < -0.3 is 10.2 Å². The number of nitrogens with one attached hydrogen (secondary N) is 1. The topological polar surface area (TPSA) is 80.1 Å². The van der Waals surface area contributed by atoms with E-state index in [2.05, 4.69) is 31.3 Å². The maximum absolute atomic E-state index is 13.3. The summed E-state index contributed by atoms with van der Waals surface area (Å²) in [5.41, 5.74) is -0.903. The van der Waals surface area contributed by atoms with Gasteiger partial charge in [0.1, 0.15) is 13.5 Å². The fraction of sp³-hybridized carbons (Fsp3) is 0.158. The van der Waals surface area contributed by atoms with Crippen molar-refractivity contribution in [3.8, 4) is 5.82 Å². The van der Waals surface area contributed by atoms with E-state index in [1.807, 2.05) is 0 Å². The Labute approximate surface area is 195 Å². The molecule has 13 heteroatoms. The van der Waals surface area contributed by atoms with E-state index in [1.54, 1.807) is 13.9 Å². The highest BCUT2D eigenvalue weighted by molar-refractivity contribution is 9.10. The zero-order valence-corrected chi connectivity index (χ0v) is 19.3. The maximum Gasteiger partial charge on any atom is 0.435 e. The van der Waals surface area contributed by atoms with Crippen LogP contribution in [0.5, 0.6) is 0 Å². The molecule has 0 aliphatic heterocycles. The minimum atomic E-state index is -4.80. The lowest BCUT2D eigenvalue weighted by atomic mass is 9.91. The summed E-state index contributed by atoms with van der Waals surface area (Å²) in [6.07, 6.45) is -3.49. The van der Waals surface area contributed by atoms with E-state index in [9.17, 15) is 22.8 Å². The zero-order valence-electron chi connectivity index (χ0n) is 17.0. The summed E-state index contributed by atoms with van der Waals surface area (Å²) in [6, 6.07) is 6.68. The number of carbonyl (C=O) groups is 2. The third-order valence-corrected chi connectivity index (χ3v) is 5.10. The number of hydrogen-bond acceptors (Lipinski definition) is 4. The van der Waals surface area contributed by atoms with Gasteiger partial charge in [0.15, 0.2) is 11.5 Å². The van der Waals surface area contributed by atoms with Crippen LogP contribution in [-0.2, 0) is 6.18 Å². The summed E-state index contributed by atoms with van der Waals surface area (Å²) in [5, 5.41) is 6.05. The molecule has 0 spiro atoms. The highest BCUT2D eigenvalue weighted by Gasteiger charge is 2.36. The molecule has 0 aliphatic rings. The molecule has 2 aromatic heterocycles. The minimum absolute atomic E-state index is 0.00155. The molecule has 0 atom stereocenters. The molecule has 1 N–H and O–H groups in total. The first-order valence-electron chi connectivity index (χ1n) is 9.01. The number of benzene rings is 1. The van der Waals surface area contributed by atoms with Crippen molar-refractivity contribution in [2.75, 3.05) is 19.4 Å². The first-order chi connectivity index (χ1) is 14.9. The van der Waals surface area contributed by atoms with Crippen molar-refractivity contribution in [1.29, 1.82) is 0 Å². The number of amides is 2. The average Bonchev–Trinajstić information content (AvgIpc) is 3.15. The van der Waals surface area contributed by atoms with Gasteiger partial charge in [0.05, 0.1) is 10.6 Å². The number of anilines is 1. The highest BCUT2D eigenvalue weighted by atomic mass is 79.9. The Balaban J connectivity index is 2.13. The third-order valence-electron chi connectivity index (χ3n) is 4.35. The van der Waals surface area contributed by atoms with E-state index < -0.39 is 29.4 Å². The maximum atomic E-state index is 13.3. The SMILES string of the molecule is Bc1cc(Br)cc(C(=O)N(C)C)c1NC(=O)c1cc(C(F)(F)F)nn1-c1ncccc1Cl. The van der Waals surface area contributed by atoms with Crippen molar-refractivity contribution < 1.29 is 22.8 Å². The summed E-state index contributed by atoms with van der Waals surface area (Å²) in [5.74, 6) is -1.47. The molecule has 3 aromatic rings. The van der Waals surface area contributed by atoms with Crippen molar-refractivity contribution in [3.05, 3.63) is 63.0 Å². The average molecular weight is 529 g/mol. The molecule has 2 amide bonds. The normalized spacial score (nSPS) is 11.3. The molecule has 0 radical (unpaired) electrons. The van der Waals surface area contributed by atoms with Gasteiger partial charge in [0.25, 0.3) is 11.8 Å². The summed E-state index contributed by atoms with van der Waals surface area (Å²) in [7, 11) is 4.73. The molecule has 2 heterocycles. The molecular formula is C19H15BBrClF3N5O2. The van der Waals surface area contributed by atoms with Crippen LogP contribution < -0.4 is 10.8 Å². The van der Waals surface area contributed by atoms with Crippen molar-refractivity contribution >= 4 is 58.3 Å². The fourth-order valence-electron chi connectivity index (χ4n) is 2.87. The summed E-state index contributed by atoms with van der Waals surface area (Å²) >= 11 is 9.38. The second-order valence-electron chi connectivity index (χ2n) is 6.93. The Morgan fingerprint density at radius 2 is 1.94 bits per heavy atom. The number of nitrogens with zero attached hydrogens (tertiary/aromatic N) is 4. The first kappa shape index (κ1) is 23.8. The minimum Gasteiger partial charge on any atom is -0.345 e. The molecule has 0 fully saturated rings. The van der Waals surface area contributed by atoms with Crippen LogP contribution in [0.4, 0.5) is 18.9 Å². The Morgan fingerprint density at radius 1 is 1.25 bits per heavy atom. The lowest BCUT2D eigenvalue weighted by molar-refractivity contribution is -0.141. The lowest BCUT2D eigenvalue weighted by Gasteiger charge is -2.18. The van der Waals surface area contributed by atoms with Gasteiger partial charge in [-0.15, -0.1) is 0 Å². The van der Waals surface area contributed by atoms with Crippen LogP contribution in [-0.4, -0.2) is 53.4 Å². The van der Waals surface area contributed by atoms with Crippen LogP contribution in [0.2, 0.25) is 5.02 Å². The van der Waals surface area contributed by atoms with Crippen molar-refractivity contribution in [1.82, 2.24) is 19.7 Å². The van der Waals surface area contributed by atoms with Crippen LogP contribution in [0.3, 0.4) is 0 Å². The van der Waals surface area contributed by atoms with E-state index in [0.717, 1.165) is 4.68 Å². The van der Waals surface area contributed by atoms with Gasteiger partial charge in [-0.25, -0.2) is 9.67 Å². The van der Waals surface area contributed by atoms with E-state index in [1.165, 1.54) is 43.4 Å². The van der Waals surface area contributed by atoms with Crippen molar-refractivity contribution in [2.24, 2.45) is 0 Å². The van der Waals surface area contributed by atoms with E-state index >= 15 is 0 Å². The van der Waals surface area contributed by atoms with Gasteiger partial charge in [-0.1, -0.05) is 39.1 Å². The first-order valence-corrected chi connectivity index (χ1v) is 10.2. The number of pyridine rings is 1. The molecule has 166 valence electrons. The second kappa shape index (κ2) is 8.95. The molecule has 0 unspecified atom stereocenters. The van der Waals surface area contributed by atoms with Gasteiger partial charge in [-0.05, 0) is 18.2 Å². The predicted octanol–water partition coefficient (Wildman–Crippen LogP) is 2.91. The van der Waals surface area contributed by atoms with E-state index in [-0.39, 0.29) is 22.1 Å². The Morgan fingerprint density at radius 3 is 2.53 bits per heavy atom. The van der Waals surface area contributed by atoms with Crippen molar-refractivity contribution in [3.63, 3.8) is 0 Å². The predicted molar refractivity (Wildman–Crippen MR) is 120 cm³/mol. The summed E-state index contributed by atoms with van der Waals surface area (Å²) in [4.78, 5) is 31.0. The Kier molecular flexibility index (Phi) is 6.65. The number of halogens is 5. The van der Waals surface area contributed by atoms with Crippen LogP contribution in [0.15, 0.2) is 41.0 Å². The van der Waals surface area contributed by atoms with Crippen LogP contribution in [0.1, 0.15) is 26.5 Å². The van der Waals surface area contributed by atoms with Gasteiger partial charge in [-0.2, -0.15) is 18.3 Å². The Bertz CT molecular complexity index is 1220. The van der Waals surface area contributed by atoms with Gasteiger partial charge in [-0.3, -0.25) is 9.59 Å². The molecule has 0 aliphatic carbocycles. The third kappa shape index (κ3) is 4.80. The standard InChI is InChI=1S/C19H15BBrClF3N5O2/c1-29(2)18(32)10-6-9(21)7-11(20)15(10)27-17(31)13-8-14(19(23,24)25)28-30(13)16-12(22)4-3-5-26-16/h3-8H,20H2,1-2H3,(H,27,31). The summed E-state index contributed by atoms with van der Waals surface area (Å²) in [6.45, 7) is 0. The number of carbonyl (C=O) groups excluding carboxylic acids is 2. The number of hydrogen-bond donors (Lipinski definition) is 1. The number of aromatic nitrogens is 3. The largest absolute Gasteiger partial charge is 0.435 e. The van der Waals surface area contributed by atoms with Crippen LogP contribution in [0.25, 0.3) is 5.82 Å². The van der Waals surface area contributed by atoms with Crippen LogP contribution >= 0.6 is 27.5 Å². The quantitative estimate of drug-likeness (QED) is 0.529.